The van der Waals surface area contributed by atoms with Crippen LogP contribution in [-0.2, 0) is 4.74 Å². The minimum Gasteiger partial charge on any atom is -0.497 e. The molecule has 0 atom stereocenters. The maximum absolute atomic E-state index is 12.7. The Morgan fingerprint density at radius 1 is 1.15 bits per heavy atom. The number of methoxy groups -OCH3 is 3. The van der Waals surface area contributed by atoms with Crippen LogP contribution in [-0.4, -0.2) is 32.3 Å². The molecule has 0 saturated heterocycles. The first-order valence-electron chi connectivity index (χ1n) is 7.97. The van der Waals surface area contributed by atoms with Gasteiger partial charge < -0.3 is 23.6 Å². The van der Waals surface area contributed by atoms with Crippen LogP contribution in [0.5, 0.6) is 11.5 Å². The quantitative estimate of drug-likeness (QED) is 0.682. The summed E-state index contributed by atoms with van der Waals surface area (Å²) in [5.74, 6) is 0.0870. The number of esters is 1. The third kappa shape index (κ3) is 3.05. The number of pyridine rings is 1. The van der Waals surface area contributed by atoms with E-state index in [0.29, 0.717) is 22.8 Å². The highest BCUT2D eigenvalue weighted by Gasteiger charge is 2.25. The summed E-state index contributed by atoms with van der Waals surface area (Å²) in [5.41, 5.74) is 0.272. The molecule has 0 unspecified atom stereocenters. The van der Waals surface area contributed by atoms with E-state index in [2.05, 4.69) is 4.98 Å². The first-order chi connectivity index (χ1) is 12.9. The van der Waals surface area contributed by atoms with Crippen molar-refractivity contribution in [2.24, 2.45) is 0 Å². The molecule has 27 heavy (non-hydrogen) atoms. The number of hydrogen-bond acceptors (Lipinski definition) is 7. The van der Waals surface area contributed by atoms with Crippen LogP contribution in [0, 0.1) is 12.3 Å². The minimum atomic E-state index is -0.800. The zero-order valence-corrected chi connectivity index (χ0v) is 15.3. The standard InChI is InChI=1S/C19H18N2O6/c1-9-7-13-15(18(22)21-9)14(16(17(20)27-13)19(23)26-4)11-8-10(24-2)5-6-12(11)25-3/h5-8,20H,1-4H3,(H,21,22). The number of fused-ring (bicyclic) bond motifs is 1. The van der Waals surface area contributed by atoms with Crippen LogP contribution in [0.3, 0.4) is 0 Å². The number of carbonyl (C=O) groups excluding carboxylic acids is 1. The Balaban J connectivity index is 2.60. The summed E-state index contributed by atoms with van der Waals surface area (Å²) < 4.78 is 20.9. The van der Waals surface area contributed by atoms with Crippen LogP contribution >= 0.6 is 0 Å². The third-order valence-corrected chi connectivity index (χ3v) is 4.14. The topological polar surface area (TPSA) is 115 Å². The van der Waals surface area contributed by atoms with Gasteiger partial charge in [-0.25, -0.2) is 4.79 Å². The molecular formula is C19H18N2O6. The van der Waals surface area contributed by atoms with E-state index in [9.17, 15) is 9.59 Å². The molecule has 0 aliphatic rings. The van der Waals surface area contributed by atoms with Gasteiger partial charge in [0.15, 0.2) is 0 Å². The van der Waals surface area contributed by atoms with E-state index in [-0.39, 0.29) is 22.1 Å². The second-order valence-corrected chi connectivity index (χ2v) is 5.76. The maximum Gasteiger partial charge on any atom is 0.344 e. The Kier molecular flexibility index (Phi) is 4.72. The molecular weight excluding hydrogens is 352 g/mol. The number of carbonyl (C=O) groups is 1. The van der Waals surface area contributed by atoms with Gasteiger partial charge in [-0.2, -0.15) is 0 Å². The molecule has 2 heterocycles. The lowest BCUT2D eigenvalue weighted by Crippen LogP contribution is -2.21. The molecule has 0 radical (unpaired) electrons. The number of aromatic amines is 1. The van der Waals surface area contributed by atoms with Gasteiger partial charge in [0.25, 0.3) is 5.56 Å². The molecule has 3 rings (SSSR count). The van der Waals surface area contributed by atoms with Crippen LogP contribution in [0.2, 0.25) is 0 Å². The molecule has 2 N–H and O–H groups in total. The molecule has 1 aromatic carbocycles. The Hall–Kier alpha value is -3.55. The lowest BCUT2D eigenvalue weighted by atomic mass is 9.96. The van der Waals surface area contributed by atoms with E-state index in [1.165, 1.54) is 21.3 Å². The summed E-state index contributed by atoms with van der Waals surface area (Å²) in [7, 11) is 4.16. The molecule has 8 nitrogen and oxygen atoms in total. The van der Waals surface area contributed by atoms with E-state index in [1.807, 2.05) is 0 Å². The van der Waals surface area contributed by atoms with Crippen LogP contribution in [0.15, 0.2) is 33.5 Å². The van der Waals surface area contributed by atoms with Crippen molar-refractivity contribution in [3.63, 3.8) is 0 Å². The van der Waals surface area contributed by atoms with Crippen molar-refractivity contribution < 1.29 is 23.4 Å². The normalized spacial score (nSPS) is 10.7. The van der Waals surface area contributed by atoms with Crippen molar-refractivity contribution in [3.8, 4) is 22.6 Å². The second-order valence-electron chi connectivity index (χ2n) is 5.76. The predicted octanol–water partition coefficient (Wildman–Crippen LogP) is 2.38. The summed E-state index contributed by atoms with van der Waals surface area (Å²) in [6, 6.07) is 6.55. The average Bonchev–Trinajstić information content (AvgIpc) is 2.65. The van der Waals surface area contributed by atoms with Gasteiger partial charge in [0, 0.05) is 22.9 Å². The Bertz CT molecular complexity index is 1160. The number of aromatic nitrogens is 1. The fourth-order valence-corrected chi connectivity index (χ4v) is 2.95. The van der Waals surface area contributed by atoms with Crippen molar-refractivity contribution in [1.29, 1.82) is 5.41 Å². The highest BCUT2D eigenvalue weighted by atomic mass is 16.5. The van der Waals surface area contributed by atoms with Gasteiger partial charge in [-0.05, 0) is 25.1 Å². The lowest BCUT2D eigenvalue weighted by molar-refractivity contribution is 0.0596. The van der Waals surface area contributed by atoms with Gasteiger partial charge in [0.2, 0.25) is 5.55 Å². The first kappa shape index (κ1) is 18.2. The molecule has 2 aromatic heterocycles. The van der Waals surface area contributed by atoms with E-state index >= 15 is 0 Å². The molecule has 0 spiro atoms. The van der Waals surface area contributed by atoms with Crippen molar-refractivity contribution >= 4 is 16.9 Å². The van der Waals surface area contributed by atoms with E-state index in [4.69, 9.17) is 24.0 Å². The fourth-order valence-electron chi connectivity index (χ4n) is 2.95. The highest BCUT2D eigenvalue weighted by Crippen LogP contribution is 2.37. The Morgan fingerprint density at radius 3 is 2.52 bits per heavy atom. The predicted molar refractivity (Wildman–Crippen MR) is 97.3 cm³/mol. The number of benzene rings is 1. The van der Waals surface area contributed by atoms with E-state index in [0.717, 1.165) is 0 Å². The zero-order chi connectivity index (χ0) is 19.7. The smallest absolute Gasteiger partial charge is 0.344 e. The zero-order valence-electron chi connectivity index (χ0n) is 15.3. The molecule has 3 aromatic rings. The molecule has 8 heteroatoms. The average molecular weight is 370 g/mol. The SMILES string of the molecule is COC(=O)c1c(-c2cc(OC)ccc2OC)c2c(=O)[nH]c(C)cc2oc1=N. The van der Waals surface area contributed by atoms with Crippen molar-refractivity contribution in [2.45, 2.75) is 6.92 Å². The monoisotopic (exact) mass is 370 g/mol. The summed E-state index contributed by atoms with van der Waals surface area (Å²) in [6.45, 7) is 1.69. The minimum absolute atomic E-state index is 0.114. The first-order valence-corrected chi connectivity index (χ1v) is 7.97. The molecule has 0 fully saturated rings. The molecule has 0 aliphatic carbocycles. The van der Waals surface area contributed by atoms with Gasteiger partial charge >= 0.3 is 5.97 Å². The van der Waals surface area contributed by atoms with Crippen LogP contribution in [0.25, 0.3) is 22.1 Å². The highest BCUT2D eigenvalue weighted by molar-refractivity contribution is 6.06. The van der Waals surface area contributed by atoms with Gasteiger partial charge in [0.05, 0.1) is 26.7 Å². The van der Waals surface area contributed by atoms with Gasteiger partial charge in [-0.1, -0.05) is 0 Å². The van der Waals surface area contributed by atoms with Crippen LogP contribution in [0.1, 0.15) is 16.1 Å². The van der Waals surface area contributed by atoms with Gasteiger partial charge in [-0.15, -0.1) is 0 Å². The summed E-state index contributed by atoms with van der Waals surface area (Å²) in [5, 5.41) is 8.31. The Labute approximate surface area is 153 Å². The summed E-state index contributed by atoms with van der Waals surface area (Å²) in [6.07, 6.45) is 0. The number of hydrogen-bond donors (Lipinski definition) is 2. The number of rotatable bonds is 4. The molecule has 0 bridgehead atoms. The summed E-state index contributed by atoms with van der Waals surface area (Å²) >= 11 is 0. The lowest BCUT2D eigenvalue weighted by Gasteiger charge is -2.15. The molecule has 0 saturated carbocycles. The molecule has 0 aliphatic heterocycles. The van der Waals surface area contributed by atoms with Crippen molar-refractivity contribution in [2.75, 3.05) is 21.3 Å². The number of nitrogens with one attached hydrogen (secondary N) is 2. The Morgan fingerprint density at radius 2 is 1.89 bits per heavy atom. The van der Waals surface area contributed by atoms with Gasteiger partial charge in [0.1, 0.15) is 22.6 Å². The van der Waals surface area contributed by atoms with Crippen molar-refractivity contribution in [3.05, 3.63) is 51.4 Å². The maximum atomic E-state index is 12.7. The van der Waals surface area contributed by atoms with E-state index < -0.39 is 17.1 Å². The third-order valence-electron chi connectivity index (χ3n) is 4.14. The van der Waals surface area contributed by atoms with E-state index in [1.54, 1.807) is 31.2 Å². The number of aryl methyl sites for hydroxylation is 1. The van der Waals surface area contributed by atoms with Crippen LogP contribution < -0.4 is 20.6 Å². The largest absolute Gasteiger partial charge is 0.497 e. The fraction of sp³-hybridized carbons (Fsp3) is 0.211. The molecule has 0 amide bonds. The molecule has 140 valence electrons. The van der Waals surface area contributed by atoms with Crippen LogP contribution in [0.4, 0.5) is 0 Å². The number of ether oxygens (including phenoxy) is 3. The van der Waals surface area contributed by atoms with Crippen molar-refractivity contribution in [1.82, 2.24) is 4.98 Å². The summed E-state index contributed by atoms with van der Waals surface area (Å²) in [4.78, 5) is 27.8. The second kappa shape index (κ2) is 6.99. The van der Waals surface area contributed by atoms with Gasteiger partial charge in [-0.3, -0.25) is 10.2 Å². The number of H-pyrrole nitrogens is 1.